The molecule has 21 heavy (non-hydrogen) atoms. The molecule has 116 valence electrons. The quantitative estimate of drug-likeness (QED) is 0.819. The predicted molar refractivity (Wildman–Crippen MR) is 77.8 cm³/mol. The fourth-order valence-electron chi connectivity index (χ4n) is 2.22. The predicted octanol–water partition coefficient (Wildman–Crippen LogP) is 0.355. The van der Waals surface area contributed by atoms with Crippen molar-refractivity contribution >= 4 is 16.1 Å². The number of carbonyl (C=O) groups excluding carboxylic acids is 1. The Bertz CT molecular complexity index is 658. The molecule has 7 nitrogen and oxygen atoms in total. The molecule has 2 amide bonds. The third-order valence-electron chi connectivity index (χ3n) is 3.34. The normalized spacial score (nSPS) is 15.2. The Morgan fingerprint density at radius 3 is 2.62 bits per heavy atom. The van der Waals surface area contributed by atoms with Gasteiger partial charge >= 0.3 is 6.03 Å². The zero-order valence-electron chi connectivity index (χ0n) is 12.0. The van der Waals surface area contributed by atoms with E-state index in [1.54, 1.807) is 24.8 Å². The summed E-state index contributed by atoms with van der Waals surface area (Å²) in [4.78, 5) is 13.1. The SMILES string of the molecule is Cc1cc(S(N)(=O)=O)c(C)cc1OCCN1CCNC1=O. The summed E-state index contributed by atoms with van der Waals surface area (Å²) >= 11 is 0. The smallest absolute Gasteiger partial charge is 0.317 e. The van der Waals surface area contributed by atoms with E-state index in [9.17, 15) is 13.2 Å². The van der Waals surface area contributed by atoms with Crippen molar-refractivity contribution in [3.05, 3.63) is 23.3 Å². The number of ether oxygens (including phenoxy) is 1. The zero-order valence-corrected chi connectivity index (χ0v) is 12.9. The second-order valence-corrected chi connectivity index (χ2v) is 6.53. The Kier molecular flexibility index (Phi) is 4.38. The van der Waals surface area contributed by atoms with Gasteiger partial charge in [0.2, 0.25) is 10.0 Å². The molecule has 0 unspecified atom stereocenters. The van der Waals surface area contributed by atoms with E-state index in [0.717, 1.165) is 0 Å². The second-order valence-electron chi connectivity index (χ2n) is 5.00. The first-order chi connectivity index (χ1) is 9.79. The molecule has 0 aliphatic carbocycles. The van der Waals surface area contributed by atoms with Crippen molar-refractivity contribution in [1.82, 2.24) is 10.2 Å². The summed E-state index contributed by atoms with van der Waals surface area (Å²) in [6, 6.07) is 3.07. The second kappa shape index (κ2) is 5.90. The van der Waals surface area contributed by atoms with Crippen molar-refractivity contribution in [2.45, 2.75) is 18.7 Å². The molecule has 0 bridgehead atoms. The lowest BCUT2D eigenvalue weighted by Gasteiger charge is -2.16. The first-order valence-electron chi connectivity index (χ1n) is 6.58. The third kappa shape index (κ3) is 3.64. The number of nitrogens with one attached hydrogen (secondary N) is 1. The van der Waals surface area contributed by atoms with Crippen molar-refractivity contribution in [3.8, 4) is 5.75 Å². The number of nitrogens with zero attached hydrogens (tertiary/aromatic N) is 1. The van der Waals surface area contributed by atoms with Crippen molar-refractivity contribution in [3.63, 3.8) is 0 Å². The van der Waals surface area contributed by atoms with Gasteiger partial charge in [0.05, 0.1) is 11.4 Å². The average Bonchev–Trinajstić information content (AvgIpc) is 2.77. The molecule has 1 aliphatic rings. The summed E-state index contributed by atoms with van der Waals surface area (Å²) in [7, 11) is -3.73. The van der Waals surface area contributed by atoms with Crippen LogP contribution in [-0.2, 0) is 10.0 Å². The molecule has 0 spiro atoms. The van der Waals surface area contributed by atoms with Gasteiger partial charge in [-0.3, -0.25) is 0 Å². The summed E-state index contributed by atoms with van der Waals surface area (Å²) in [5.41, 5.74) is 1.23. The van der Waals surface area contributed by atoms with E-state index in [2.05, 4.69) is 5.32 Å². The van der Waals surface area contributed by atoms with Gasteiger partial charge in [0.1, 0.15) is 12.4 Å². The number of aryl methyl sites for hydroxylation is 2. The monoisotopic (exact) mass is 313 g/mol. The molecule has 0 atom stereocenters. The summed E-state index contributed by atoms with van der Waals surface area (Å²) < 4.78 is 28.5. The number of hydrogen-bond acceptors (Lipinski definition) is 4. The standard InChI is InChI=1S/C13H19N3O4S/c1-9-8-12(21(14,18)19)10(2)7-11(9)20-6-5-16-4-3-15-13(16)17/h7-8H,3-6H2,1-2H3,(H,15,17)(H2,14,18,19). The van der Waals surface area contributed by atoms with Crippen LogP contribution in [0.15, 0.2) is 17.0 Å². The van der Waals surface area contributed by atoms with Crippen molar-refractivity contribution < 1.29 is 17.9 Å². The Morgan fingerprint density at radius 2 is 2.05 bits per heavy atom. The van der Waals surface area contributed by atoms with Gasteiger partial charge in [-0.2, -0.15) is 0 Å². The molecular formula is C13H19N3O4S. The molecule has 2 rings (SSSR count). The van der Waals surface area contributed by atoms with Crippen LogP contribution in [0.4, 0.5) is 4.79 Å². The Hall–Kier alpha value is -1.80. The Labute approximate surface area is 124 Å². The van der Waals surface area contributed by atoms with Gasteiger partial charge < -0.3 is 15.0 Å². The summed E-state index contributed by atoms with van der Waals surface area (Å²) in [6.45, 7) is 5.58. The molecule has 1 heterocycles. The molecule has 1 fully saturated rings. The maximum absolute atomic E-state index is 11.4. The number of benzene rings is 1. The van der Waals surface area contributed by atoms with Crippen LogP contribution in [0.1, 0.15) is 11.1 Å². The molecule has 1 aromatic rings. The van der Waals surface area contributed by atoms with Crippen LogP contribution in [0.25, 0.3) is 0 Å². The van der Waals surface area contributed by atoms with E-state index >= 15 is 0 Å². The first kappa shape index (κ1) is 15.6. The molecular weight excluding hydrogens is 294 g/mol. The van der Waals surface area contributed by atoms with Gasteiger partial charge in [-0.1, -0.05) is 0 Å². The van der Waals surface area contributed by atoms with Crippen LogP contribution in [0.5, 0.6) is 5.75 Å². The highest BCUT2D eigenvalue weighted by molar-refractivity contribution is 7.89. The van der Waals surface area contributed by atoms with Crippen LogP contribution in [0.3, 0.4) is 0 Å². The maximum atomic E-state index is 11.4. The zero-order chi connectivity index (χ0) is 15.6. The molecule has 1 saturated heterocycles. The minimum Gasteiger partial charge on any atom is -0.491 e. The van der Waals surface area contributed by atoms with Gasteiger partial charge in [-0.05, 0) is 37.1 Å². The van der Waals surface area contributed by atoms with E-state index in [0.29, 0.717) is 43.1 Å². The largest absolute Gasteiger partial charge is 0.491 e. The fraction of sp³-hybridized carbons (Fsp3) is 0.462. The number of amides is 2. The van der Waals surface area contributed by atoms with Gasteiger partial charge in [0, 0.05) is 13.1 Å². The van der Waals surface area contributed by atoms with Gasteiger partial charge in [0.25, 0.3) is 0 Å². The van der Waals surface area contributed by atoms with E-state index in [4.69, 9.17) is 9.88 Å². The minimum atomic E-state index is -3.73. The number of nitrogens with two attached hydrogens (primary N) is 1. The van der Waals surface area contributed by atoms with Crippen molar-refractivity contribution in [2.75, 3.05) is 26.2 Å². The Morgan fingerprint density at radius 1 is 1.33 bits per heavy atom. The molecule has 1 aromatic carbocycles. The number of rotatable bonds is 5. The fourth-order valence-corrected chi connectivity index (χ4v) is 3.06. The maximum Gasteiger partial charge on any atom is 0.317 e. The number of hydrogen-bond donors (Lipinski definition) is 2. The van der Waals surface area contributed by atoms with E-state index in [1.807, 2.05) is 0 Å². The highest BCUT2D eigenvalue weighted by atomic mass is 32.2. The highest BCUT2D eigenvalue weighted by Gasteiger charge is 2.19. The summed E-state index contributed by atoms with van der Waals surface area (Å²) in [5.74, 6) is 0.597. The Balaban J connectivity index is 2.04. The number of primary sulfonamides is 1. The van der Waals surface area contributed by atoms with E-state index < -0.39 is 10.0 Å². The summed E-state index contributed by atoms with van der Waals surface area (Å²) in [6.07, 6.45) is 0. The van der Waals surface area contributed by atoms with Crippen molar-refractivity contribution in [1.29, 1.82) is 0 Å². The number of sulfonamides is 1. The van der Waals surface area contributed by atoms with E-state index in [1.165, 1.54) is 6.07 Å². The van der Waals surface area contributed by atoms with Crippen LogP contribution in [0, 0.1) is 13.8 Å². The van der Waals surface area contributed by atoms with E-state index in [-0.39, 0.29) is 10.9 Å². The third-order valence-corrected chi connectivity index (χ3v) is 4.40. The minimum absolute atomic E-state index is 0.0870. The van der Waals surface area contributed by atoms with Crippen LogP contribution in [-0.4, -0.2) is 45.6 Å². The lowest BCUT2D eigenvalue weighted by atomic mass is 10.1. The van der Waals surface area contributed by atoms with Crippen LogP contribution in [0.2, 0.25) is 0 Å². The van der Waals surface area contributed by atoms with Crippen LogP contribution < -0.4 is 15.2 Å². The molecule has 0 saturated carbocycles. The molecule has 8 heteroatoms. The highest BCUT2D eigenvalue weighted by Crippen LogP contribution is 2.25. The topological polar surface area (TPSA) is 102 Å². The number of urea groups is 1. The first-order valence-corrected chi connectivity index (χ1v) is 8.13. The lowest BCUT2D eigenvalue weighted by Crippen LogP contribution is -2.31. The van der Waals surface area contributed by atoms with Gasteiger partial charge in [-0.25, -0.2) is 18.4 Å². The molecule has 0 radical (unpaired) electrons. The van der Waals surface area contributed by atoms with Crippen LogP contribution >= 0.6 is 0 Å². The van der Waals surface area contributed by atoms with Gasteiger partial charge in [-0.15, -0.1) is 0 Å². The number of carbonyl (C=O) groups is 1. The summed E-state index contributed by atoms with van der Waals surface area (Å²) in [5, 5.41) is 7.87. The molecule has 1 aliphatic heterocycles. The lowest BCUT2D eigenvalue weighted by molar-refractivity contribution is 0.202. The molecule has 3 N–H and O–H groups in total. The molecule has 0 aromatic heterocycles. The average molecular weight is 313 g/mol. The van der Waals surface area contributed by atoms with Gasteiger partial charge in [0.15, 0.2) is 0 Å². The van der Waals surface area contributed by atoms with Crippen molar-refractivity contribution in [2.24, 2.45) is 5.14 Å².